The number of carbonyl (C=O) groups is 3. The first-order valence-corrected chi connectivity index (χ1v) is 9.00. The highest BCUT2D eigenvalue weighted by molar-refractivity contribution is 5.95. The molecule has 0 spiro atoms. The molecule has 1 fully saturated rings. The topological polar surface area (TPSA) is 87.7 Å². The van der Waals surface area contributed by atoms with Gasteiger partial charge in [0.25, 0.3) is 0 Å². The number of carbonyl (C=O) groups excluding carboxylic acids is 3. The van der Waals surface area contributed by atoms with Crippen molar-refractivity contribution in [3.63, 3.8) is 0 Å². The summed E-state index contributed by atoms with van der Waals surface area (Å²) in [5.74, 6) is -0.618. The Balaban J connectivity index is 1.92. The van der Waals surface area contributed by atoms with Crippen LogP contribution < -0.4 is 10.6 Å². The molecule has 0 saturated carbocycles. The molecule has 142 valence electrons. The van der Waals surface area contributed by atoms with Crippen molar-refractivity contribution < 1.29 is 19.1 Å². The number of hydrogen-bond donors (Lipinski definition) is 2. The standard InChI is InChI=1S/C19H27N3O4/c1-4-26-19(25)15-6-5-11-22(12-15)13(2)18(24)21-17-9-7-16(8-10-17)20-14(3)23/h7-10,13,15H,4-6,11-12H2,1-3H3,(H,20,23)(H,21,24)/t13-,15+/m0/s1. The molecular weight excluding hydrogens is 334 g/mol. The maximum atomic E-state index is 12.5. The number of nitrogens with zero attached hydrogens (tertiary/aromatic N) is 1. The number of ether oxygens (including phenoxy) is 1. The molecule has 0 aliphatic carbocycles. The van der Waals surface area contributed by atoms with E-state index in [0.29, 0.717) is 24.5 Å². The molecule has 1 aromatic rings. The van der Waals surface area contributed by atoms with Gasteiger partial charge in [0.15, 0.2) is 0 Å². The number of anilines is 2. The fraction of sp³-hybridized carbons (Fsp3) is 0.526. The molecule has 0 aromatic heterocycles. The Bertz CT molecular complexity index is 645. The first kappa shape index (κ1) is 19.9. The fourth-order valence-electron chi connectivity index (χ4n) is 3.06. The van der Waals surface area contributed by atoms with Gasteiger partial charge in [-0.2, -0.15) is 0 Å². The maximum absolute atomic E-state index is 12.5. The molecule has 1 aliphatic rings. The Hall–Kier alpha value is -2.41. The zero-order valence-electron chi connectivity index (χ0n) is 15.6. The van der Waals surface area contributed by atoms with Crippen molar-refractivity contribution in [3.05, 3.63) is 24.3 Å². The lowest BCUT2D eigenvalue weighted by atomic mass is 9.97. The Kier molecular flexibility index (Phi) is 7.15. The summed E-state index contributed by atoms with van der Waals surface area (Å²) in [4.78, 5) is 37.6. The zero-order chi connectivity index (χ0) is 19.1. The van der Waals surface area contributed by atoms with Crippen molar-refractivity contribution >= 4 is 29.2 Å². The van der Waals surface area contributed by atoms with Gasteiger partial charge in [0.2, 0.25) is 11.8 Å². The van der Waals surface area contributed by atoms with E-state index in [1.54, 1.807) is 31.2 Å². The van der Waals surface area contributed by atoms with Crippen LogP contribution >= 0.6 is 0 Å². The van der Waals surface area contributed by atoms with Crippen LogP contribution in [0.3, 0.4) is 0 Å². The molecule has 7 nitrogen and oxygen atoms in total. The molecule has 1 saturated heterocycles. The summed E-state index contributed by atoms with van der Waals surface area (Å²) in [5, 5.41) is 5.56. The van der Waals surface area contributed by atoms with Crippen LogP contribution in [0.4, 0.5) is 11.4 Å². The van der Waals surface area contributed by atoms with Crippen LogP contribution in [0.15, 0.2) is 24.3 Å². The second-order valence-electron chi connectivity index (χ2n) is 6.51. The monoisotopic (exact) mass is 361 g/mol. The molecule has 2 atom stereocenters. The Morgan fingerprint density at radius 2 is 1.81 bits per heavy atom. The van der Waals surface area contributed by atoms with Gasteiger partial charge in [-0.3, -0.25) is 19.3 Å². The molecule has 1 heterocycles. The quantitative estimate of drug-likeness (QED) is 0.759. The fourth-order valence-corrected chi connectivity index (χ4v) is 3.06. The molecule has 2 N–H and O–H groups in total. The SMILES string of the molecule is CCOC(=O)[C@@H]1CCCN([C@@H](C)C(=O)Nc2ccc(NC(C)=O)cc2)C1. The van der Waals surface area contributed by atoms with Gasteiger partial charge >= 0.3 is 5.97 Å². The van der Waals surface area contributed by atoms with Crippen molar-refractivity contribution in [2.45, 2.75) is 39.7 Å². The lowest BCUT2D eigenvalue weighted by Crippen LogP contribution is -2.48. The average molecular weight is 361 g/mol. The highest BCUT2D eigenvalue weighted by Gasteiger charge is 2.31. The molecule has 7 heteroatoms. The molecule has 1 aromatic carbocycles. The molecule has 1 aliphatic heterocycles. The predicted molar refractivity (Wildman–Crippen MR) is 99.8 cm³/mol. The minimum absolute atomic E-state index is 0.123. The number of hydrogen-bond acceptors (Lipinski definition) is 5. The van der Waals surface area contributed by atoms with E-state index in [2.05, 4.69) is 10.6 Å². The van der Waals surface area contributed by atoms with Gasteiger partial charge in [-0.1, -0.05) is 0 Å². The molecule has 26 heavy (non-hydrogen) atoms. The highest BCUT2D eigenvalue weighted by atomic mass is 16.5. The first-order valence-electron chi connectivity index (χ1n) is 9.00. The van der Waals surface area contributed by atoms with Gasteiger partial charge in [-0.05, 0) is 57.5 Å². The zero-order valence-corrected chi connectivity index (χ0v) is 15.6. The van der Waals surface area contributed by atoms with Crippen molar-refractivity contribution in [1.82, 2.24) is 4.90 Å². The largest absolute Gasteiger partial charge is 0.466 e. The van der Waals surface area contributed by atoms with Gasteiger partial charge in [0.1, 0.15) is 0 Å². The van der Waals surface area contributed by atoms with E-state index in [1.807, 2.05) is 11.8 Å². The molecule has 0 unspecified atom stereocenters. The lowest BCUT2D eigenvalue weighted by molar-refractivity contribution is -0.150. The van der Waals surface area contributed by atoms with Gasteiger partial charge in [-0.15, -0.1) is 0 Å². The second kappa shape index (κ2) is 9.33. The number of likely N-dealkylation sites (tertiary alicyclic amines) is 1. The summed E-state index contributed by atoms with van der Waals surface area (Å²) >= 11 is 0. The normalized spacial score (nSPS) is 18.7. The van der Waals surface area contributed by atoms with Crippen LogP contribution in [0.1, 0.15) is 33.6 Å². The molecule has 2 rings (SSSR count). The van der Waals surface area contributed by atoms with Crippen LogP contribution in [0.5, 0.6) is 0 Å². The van der Waals surface area contributed by atoms with Gasteiger partial charge in [0, 0.05) is 24.8 Å². The number of amides is 2. The summed E-state index contributed by atoms with van der Waals surface area (Å²) in [7, 11) is 0. The van der Waals surface area contributed by atoms with Crippen LogP contribution in [-0.2, 0) is 19.1 Å². The summed E-state index contributed by atoms with van der Waals surface area (Å²) in [5.41, 5.74) is 1.34. The van der Waals surface area contributed by atoms with Gasteiger partial charge in [-0.25, -0.2) is 0 Å². The van der Waals surface area contributed by atoms with Gasteiger partial charge < -0.3 is 15.4 Å². The first-order chi connectivity index (χ1) is 12.4. The molecule has 0 bridgehead atoms. The number of piperidine rings is 1. The maximum Gasteiger partial charge on any atom is 0.310 e. The minimum Gasteiger partial charge on any atom is -0.466 e. The third-order valence-electron chi connectivity index (χ3n) is 4.47. The number of rotatable bonds is 6. The van der Waals surface area contributed by atoms with Gasteiger partial charge in [0.05, 0.1) is 18.6 Å². The highest BCUT2D eigenvalue weighted by Crippen LogP contribution is 2.21. The molecular formula is C19H27N3O4. The van der Waals surface area contributed by atoms with Crippen LogP contribution in [0.2, 0.25) is 0 Å². The third kappa shape index (κ3) is 5.56. The second-order valence-corrected chi connectivity index (χ2v) is 6.51. The Labute approximate surface area is 154 Å². The van der Waals surface area contributed by atoms with E-state index in [1.165, 1.54) is 6.92 Å². The number of nitrogens with one attached hydrogen (secondary N) is 2. The van der Waals surface area contributed by atoms with Crippen molar-refractivity contribution in [3.8, 4) is 0 Å². The molecule has 2 amide bonds. The number of benzene rings is 1. The van der Waals surface area contributed by atoms with E-state index >= 15 is 0 Å². The number of esters is 1. The van der Waals surface area contributed by atoms with Crippen LogP contribution in [-0.4, -0.2) is 48.4 Å². The summed E-state index contributed by atoms with van der Waals surface area (Å²) in [6.07, 6.45) is 1.67. The summed E-state index contributed by atoms with van der Waals surface area (Å²) in [6, 6.07) is 6.61. The van der Waals surface area contributed by atoms with E-state index in [9.17, 15) is 14.4 Å². The lowest BCUT2D eigenvalue weighted by Gasteiger charge is -2.35. The smallest absolute Gasteiger partial charge is 0.310 e. The third-order valence-corrected chi connectivity index (χ3v) is 4.47. The molecule has 0 radical (unpaired) electrons. The minimum atomic E-state index is -0.345. The van der Waals surface area contributed by atoms with Crippen molar-refractivity contribution in [2.75, 3.05) is 30.3 Å². The van der Waals surface area contributed by atoms with Crippen molar-refractivity contribution in [1.29, 1.82) is 0 Å². The summed E-state index contributed by atoms with van der Waals surface area (Å²) < 4.78 is 5.11. The average Bonchev–Trinajstić information content (AvgIpc) is 2.62. The van der Waals surface area contributed by atoms with Crippen LogP contribution in [0, 0.1) is 5.92 Å². The predicted octanol–water partition coefficient (Wildman–Crippen LogP) is 2.25. The van der Waals surface area contributed by atoms with Crippen molar-refractivity contribution in [2.24, 2.45) is 5.92 Å². The van der Waals surface area contributed by atoms with E-state index < -0.39 is 0 Å². The Morgan fingerprint density at radius 1 is 1.19 bits per heavy atom. The van der Waals surface area contributed by atoms with E-state index in [0.717, 1.165) is 19.4 Å². The summed E-state index contributed by atoms with van der Waals surface area (Å²) in [6.45, 7) is 6.78. The Morgan fingerprint density at radius 3 is 2.38 bits per heavy atom. The van der Waals surface area contributed by atoms with Crippen LogP contribution in [0.25, 0.3) is 0 Å². The van der Waals surface area contributed by atoms with E-state index in [-0.39, 0.29) is 29.7 Å². The van der Waals surface area contributed by atoms with E-state index in [4.69, 9.17) is 4.74 Å².